The normalized spacial score (nSPS) is 14.8. The van der Waals surface area contributed by atoms with Gasteiger partial charge < -0.3 is 15.7 Å². The molecule has 3 N–H and O–H groups in total. The van der Waals surface area contributed by atoms with E-state index in [1.807, 2.05) is 20.8 Å². The van der Waals surface area contributed by atoms with Gasteiger partial charge in [0.15, 0.2) is 0 Å². The largest absolute Gasteiger partial charge is 0.388 e. The Morgan fingerprint density at radius 1 is 1.36 bits per heavy atom. The van der Waals surface area contributed by atoms with Gasteiger partial charge in [0.2, 0.25) is 0 Å². The van der Waals surface area contributed by atoms with E-state index in [2.05, 4.69) is 10.6 Å². The molecule has 1 rings (SSSR count). The van der Waals surface area contributed by atoms with E-state index in [0.29, 0.717) is 10.7 Å². The summed E-state index contributed by atoms with van der Waals surface area (Å²) in [5.41, 5.74) is 0.268. The molecule has 122 valence electrons. The van der Waals surface area contributed by atoms with Gasteiger partial charge in [0.05, 0.1) is 16.3 Å². The average molecular weight is 327 g/mol. The van der Waals surface area contributed by atoms with E-state index in [4.69, 9.17) is 11.6 Å². The van der Waals surface area contributed by atoms with Gasteiger partial charge in [-0.15, -0.1) is 0 Å². The number of amides is 2. The topological polar surface area (TPSA) is 78.4 Å². The summed E-state index contributed by atoms with van der Waals surface area (Å²) in [5, 5.41) is 15.5. The minimum atomic E-state index is -1.06. The highest BCUT2D eigenvalue weighted by Gasteiger charge is 2.28. The van der Waals surface area contributed by atoms with Crippen LogP contribution in [-0.4, -0.2) is 29.1 Å². The number of halogens is 1. The molecule has 0 bridgehead atoms. The third-order valence-corrected chi connectivity index (χ3v) is 4.17. The summed E-state index contributed by atoms with van der Waals surface area (Å²) in [5.74, 6) is -1.62. The molecule has 6 heteroatoms. The molecular weight excluding hydrogens is 304 g/mol. The second-order valence-electron chi connectivity index (χ2n) is 5.79. The molecule has 0 spiro atoms. The fourth-order valence-corrected chi connectivity index (χ4v) is 2.14. The first-order chi connectivity index (χ1) is 10.2. The molecule has 5 nitrogen and oxygen atoms in total. The maximum absolute atomic E-state index is 11.8. The highest BCUT2D eigenvalue weighted by molar-refractivity contribution is 6.41. The number of carbonyl (C=O) groups excluding carboxylic acids is 2. The standard InChI is InChI=1S/C16H23ClN2O3/c1-5-11(3)16(4,22)9-18-14(20)15(21)19-13-7-6-10(2)8-12(13)17/h6-8,11,22H,5,9H2,1-4H3,(H,18,20)(H,19,21)/t11-,16-/m0/s1. The second kappa shape index (κ2) is 7.61. The van der Waals surface area contributed by atoms with Crippen LogP contribution in [0.15, 0.2) is 18.2 Å². The van der Waals surface area contributed by atoms with Gasteiger partial charge in [0.25, 0.3) is 0 Å². The van der Waals surface area contributed by atoms with Crippen molar-refractivity contribution in [1.82, 2.24) is 5.32 Å². The van der Waals surface area contributed by atoms with Crippen molar-refractivity contribution in [1.29, 1.82) is 0 Å². The second-order valence-corrected chi connectivity index (χ2v) is 6.19. The quantitative estimate of drug-likeness (QED) is 0.727. The molecule has 2 atom stereocenters. The Morgan fingerprint density at radius 2 is 2.00 bits per heavy atom. The molecule has 0 unspecified atom stereocenters. The van der Waals surface area contributed by atoms with Gasteiger partial charge >= 0.3 is 11.8 Å². The number of hydrogen-bond acceptors (Lipinski definition) is 3. The number of rotatable bonds is 5. The van der Waals surface area contributed by atoms with Crippen molar-refractivity contribution in [2.24, 2.45) is 5.92 Å². The maximum Gasteiger partial charge on any atom is 0.313 e. The van der Waals surface area contributed by atoms with Crippen molar-refractivity contribution in [2.75, 3.05) is 11.9 Å². The summed E-state index contributed by atoms with van der Waals surface area (Å²) in [6.07, 6.45) is 0.772. The fourth-order valence-electron chi connectivity index (χ4n) is 1.85. The molecule has 1 aromatic rings. The summed E-state index contributed by atoms with van der Waals surface area (Å²) in [6, 6.07) is 5.12. The first kappa shape index (κ1) is 18.5. The van der Waals surface area contributed by atoms with E-state index >= 15 is 0 Å². The minimum Gasteiger partial charge on any atom is -0.388 e. The molecule has 0 radical (unpaired) electrons. The number of hydrogen-bond donors (Lipinski definition) is 3. The number of aryl methyl sites for hydroxylation is 1. The maximum atomic E-state index is 11.8. The van der Waals surface area contributed by atoms with Crippen molar-refractivity contribution >= 4 is 29.1 Å². The summed E-state index contributed by atoms with van der Waals surface area (Å²) >= 11 is 6.00. The Morgan fingerprint density at radius 3 is 2.55 bits per heavy atom. The van der Waals surface area contributed by atoms with Gasteiger partial charge in [-0.2, -0.15) is 0 Å². The molecule has 0 aromatic heterocycles. The molecule has 2 amide bonds. The molecule has 0 aliphatic carbocycles. The Bertz CT molecular complexity index is 558. The predicted molar refractivity (Wildman–Crippen MR) is 87.9 cm³/mol. The Balaban J connectivity index is 2.61. The van der Waals surface area contributed by atoms with Crippen LogP contribution in [0.25, 0.3) is 0 Å². The van der Waals surface area contributed by atoms with E-state index < -0.39 is 17.4 Å². The van der Waals surface area contributed by atoms with Gasteiger partial charge in [0, 0.05) is 6.54 Å². The van der Waals surface area contributed by atoms with Crippen LogP contribution in [0.2, 0.25) is 5.02 Å². The van der Waals surface area contributed by atoms with Crippen LogP contribution in [0.3, 0.4) is 0 Å². The van der Waals surface area contributed by atoms with Crippen LogP contribution >= 0.6 is 11.6 Å². The van der Waals surface area contributed by atoms with Gasteiger partial charge in [-0.25, -0.2) is 0 Å². The van der Waals surface area contributed by atoms with Gasteiger partial charge in [-0.1, -0.05) is 37.9 Å². The van der Waals surface area contributed by atoms with Gasteiger partial charge in [-0.3, -0.25) is 9.59 Å². The van der Waals surface area contributed by atoms with Crippen LogP contribution in [0.4, 0.5) is 5.69 Å². The lowest BCUT2D eigenvalue weighted by Gasteiger charge is -2.29. The minimum absolute atomic E-state index is 0.00223. The molecule has 1 aromatic carbocycles. The van der Waals surface area contributed by atoms with E-state index in [-0.39, 0.29) is 12.5 Å². The van der Waals surface area contributed by atoms with Crippen LogP contribution in [0.5, 0.6) is 0 Å². The van der Waals surface area contributed by atoms with E-state index in [9.17, 15) is 14.7 Å². The number of nitrogens with one attached hydrogen (secondary N) is 2. The lowest BCUT2D eigenvalue weighted by molar-refractivity contribution is -0.137. The van der Waals surface area contributed by atoms with Crippen molar-refractivity contribution in [3.05, 3.63) is 28.8 Å². The Hall–Kier alpha value is -1.59. The summed E-state index contributed by atoms with van der Waals surface area (Å²) in [4.78, 5) is 23.6. The lowest BCUT2D eigenvalue weighted by atomic mass is 9.89. The lowest BCUT2D eigenvalue weighted by Crippen LogP contribution is -2.47. The van der Waals surface area contributed by atoms with Crippen LogP contribution in [0, 0.1) is 12.8 Å². The van der Waals surface area contributed by atoms with Crippen LogP contribution in [0.1, 0.15) is 32.8 Å². The fraction of sp³-hybridized carbons (Fsp3) is 0.500. The number of benzene rings is 1. The van der Waals surface area contributed by atoms with Crippen molar-refractivity contribution < 1.29 is 14.7 Å². The van der Waals surface area contributed by atoms with Crippen molar-refractivity contribution in [3.63, 3.8) is 0 Å². The van der Waals surface area contributed by atoms with Crippen molar-refractivity contribution in [3.8, 4) is 0 Å². The number of aliphatic hydroxyl groups is 1. The Labute approximate surface area is 136 Å². The average Bonchev–Trinajstić information content (AvgIpc) is 2.46. The molecular formula is C16H23ClN2O3. The summed E-state index contributed by atoms with van der Waals surface area (Å²) in [7, 11) is 0. The zero-order valence-electron chi connectivity index (χ0n) is 13.4. The van der Waals surface area contributed by atoms with Gasteiger partial charge in [-0.05, 0) is 37.5 Å². The van der Waals surface area contributed by atoms with Gasteiger partial charge in [0.1, 0.15) is 0 Å². The monoisotopic (exact) mass is 326 g/mol. The number of anilines is 1. The predicted octanol–water partition coefficient (Wildman–Crippen LogP) is 2.50. The number of carbonyl (C=O) groups is 2. The molecule has 0 saturated carbocycles. The molecule has 0 fully saturated rings. The highest BCUT2D eigenvalue weighted by atomic mass is 35.5. The first-order valence-electron chi connectivity index (χ1n) is 7.25. The Kier molecular flexibility index (Phi) is 6.38. The zero-order valence-corrected chi connectivity index (χ0v) is 14.1. The third-order valence-electron chi connectivity index (χ3n) is 3.86. The van der Waals surface area contributed by atoms with E-state index in [0.717, 1.165) is 12.0 Å². The van der Waals surface area contributed by atoms with E-state index in [1.165, 1.54) is 0 Å². The molecule has 0 aliphatic heterocycles. The first-order valence-corrected chi connectivity index (χ1v) is 7.63. The molecule has 0 aliphatic rings. The van der Waals surface area contributed by atoms with Crippen LogP contribution < -0.4 is 10.6 Å². The van der Waals surface area contributed by atoms with Crippen molar-refractivity contribution in [2.45, 2.75) is 39.7 Å². The van der Waals surface area contributed by atoms with E-state index in [1.54, 1.807) is 25.1 Å². The summed E-state index contributed by atoms with van der Waals surface area (Å²) in [6.45, 7) is 7.36. The SMILES string of the molecule is CC[C@H](C)[C@@](C)(O)CNC(=O)C(=O)Nc1ccc(C)cc1Cl. The smallest absolute Gasteiger partial charge is 0.313 e. The summed E-state index contributed by atoms with van der Waals surface area (Å²) < 4.78 is 0. The van der Waals surface area contributed by atoms with Crippen LogP contribution in [-0.2, 0) is 9.59 Å². The molecule has 0 heterocycles. The molecule has 0 saturated heterocycles. The molecule has 22 heavy (non-hydrogen) atoms. The highest BCUT2D eigenvalue weighted by Crippen LogP contribution is 2.22. The zero-order chi connectivity index (χ0) is 16.9. The third kappa shape index (κ3) is 5.00.